The Labute approximate surface area is 581 Å². The molecule has 2 aromatic carbocycles. The van der Waals surface area contributed by atoms with Gasteiger partial charge in [0, 0.05) is 29.5 Å². The van der Waals surface area contributed by atoms with Crippen LogP contribution in [0.4, 0.5) is 0 Å². The monoisotopic (exact) mass is 1300 g/mol. The molecule has 0 bridgehead atoms. The summed E-state index contributed by atoms with van der Waals surface area (Å²) in [6.45, 7) is 21.3. The van der Waals surface area contributed by atoms with Gasteiger partial charge in [-0.25, -0.2) is 4.70 Å². The summed E-state index contributed by atoms with van der Waals surface area (Å²) in [7, 11) is 0. The number of hydrogen-bond acceptors (Lipinski definition) is 0. The van der Waals surface area contributed by atoms with Crippen molar-refractivity contribution in [3.8, 4) is 11.8 Å². The molecule has 0 spiro atoms. The van der Waals surface area contributed by atoms with E-state index >= 15 is 0 Å². The smallest absolute Gasteiger partial charge is 0.493 e. The molecule has 3 heteroatoms. The molecule has 2 aromatic rings. The second-order valence-electron chi connectivity index (χ2n) is 27.6. The summed E-state index contributed by atoms with van der Waals surface area (Å²) in [5, 5.41) is 0. The van der Waals surface area contributed by atoms with Gasteiger partial charge in [-0.3, -0.25) is 0 Å². The van der Waals surface area contributed by atoms with E-state index in [-0.39, 0.29) is 16.5 Å². The minimum Gasteiger partial charge on any atom is -0.493 e. The van der Waals surface area contributed by atoms with E-state index in [2.05, 4.69) is 128 Å². The average Bonchev–Trinajstić information content (AvgIpc) is 1.62. The zero-order valence-electron chi connectivity index (χ0n) is 61.8. The molecule has 0 aromatic heterocycles. The molecule has 91 heavy (non-hydrogen) atoms. The molecule has 3 rings (SSSR count). The van der Waals surface area contributed by atoms with Crippen LogP contribution in [-0.4, -0.2) is 4.70 Å². The second kappa shape index (κ2) is 70.1. The normalized spacial score (nSPS) is 12.1. The van der Waals surface area contributed by atoms with Crippen LogP contribution < -0.4 is 0 Å². The first-order valence-corrected chi connectivity index (χ1v) is 40.3. The Morgan fingerprint density at radius 2 is 0.725 bits per heavy atom. The van der Waals surface area contributed by atoms with Crippen molar-refractivity contribution in [2.75, 3.05) is 0 Å². The summed E-state index contributed by atoms with van der Waals surface area (Å²) >= 11 is 0. The van der Waals surface area contributed by atoms with Crippen molar-refractivity contribution in [1.29, 1.82) is 0 Å². The van der Waals surface area contributed by atoms with Gasteiger partial charge < -0.3 is 19.4 Å². The van der Waals surface area contributed by atoms with E-state index in [4.69, 9.17) is 0 Å². The fourth-order valence-corrected chi connectivity index (χ4v) is 13.0. The van der Waals surface area contributed by atoms with Crippen LogP contribution in [0.2, 0.25) is 0 Å². The zero-order chi connectivity index (χ0) is 65.1. The Morgan fingerprint density at radius 1 is 0.374 bits per heavy atom. The van der Waals surface area contributed by atoms with Gasteiger partial charge in [0.15, 0.2) is 0 Å². The number of hydrogen-bond donors (Lipinski definition) is 0. The van der Waals surface area contributed by atoms with E-state index in [1.807, 2.05) is 0 Å². The number of unbranched alkanes of at least 4 members (excludes halogenated alkanes) is 52. The molecule has 0 fully saturated rings. The largest absolute Gasteiger partial charge is 2.00 e. The first-order chi connectivity index (χ1) is 44.4. The topological polar surface area (TPSA) is 25.3 Å². The van der Waals surface area contributed by atoms with Crippen LogP contribution in [0.25, 0.3) is 16.9 Å². The van der Waals surface area contributed by atoms with Crippen LogP contribution in [0.15, 0.2) is 71.8 Å². The van der Waals surface area contributed by atoms with Gasteiger partial charge >= 0.3 is 16.5 Å². The van der Waals surface area contributed by atoms with Crippen molar-refractivity contribution in [2.45, 2.75) is 427 Å². The Kier molecular flexibility index (Phi) is 68.1. The summed E-state index contributed by atoms with van der Waals surface area (Å²) in [5.41, 5.74) is 21.2. The molecule has 0 saturated carbocycles. The second-order valence-corrected chi connectivity index (χ2v) is 27.6. The van der Waals surface area contributed by atoms with E-state index in [0.717, 1.165) is 78.6 Å². The minimum atomic E-state index is 0. The van der Waals surface area contributed by atoms with Crippen LogP contribution >= 0.6 is 0 Å². The molecule has 1 heterocycles. The molecule has 0 N–H and O–H groups in total. The molecular formula is C88H152N2Ni. The number of aryl methyl sites for hydroxylation is 2. The summed E-state index contributed by atoms with van der Waals surface area (Å²) in [6, 6.07) is 17.7. The predicted molar refractivity (Wildman–Crippen MR) is 407 cm³/mol. The summed E-state index contributed by atoms with van der Waals surface area (Å²) in [5.74, 6) is 7.03. The summed E-state index contributed by atoms with van der Waals surface area (Å²) < 4.78 is 1.52. The van der Waals surface area contributed by atoms with E-state index in [0.29, 0.717) is 0 Å². The number of benzene rings is 2. The maximum absolute atomic E-state index is 12.2. The van der Waals surface area contributed by atoms with Crippen LogP contribution in [-0.2, 0) is 29.3 Å². The fraction of sp³-hybridized carbons (Fsp3) is 0.750. The summed E-state index contributed by atoms with van der Waals surface area (Å²) in [4.78, 5) is 0. The average molecular weight is 1300 g/mol. The maximum atomic E-state index is 12.2. The third kappa shape index (κ3) is 51.3. The molecule has 0 amide bonds. The van der Waals surface area contributed by atoms with Crippen LogP contribution in [0.3, 0.4) is 0 Å². The number of nitrogens with zero attached hydrogens (tertiary/aromatic N) is 2. The third-order valence-electron chi connectivity index (χ3n) is 19.0. The van der Waals surface area contributed by atoms with E-state index in [1.165, 1.54) is 356 Å². The predicted octanol–water partition coefficient (Wildman–Crippen LogP) is 30.9. The Balaban J connectivity index is 0.00000270. The first-order valence-electron chi connectivity index (χ1n) is 40.3. The SMILES string of the molecule is CCCCCCCCCCCCCCCC=CC1=C(c2ccccc2CCC#CCCCCCCCCCCCCCCCCCC)[N+](=[N-])C(c2cccc(CCCCCCCC)c2)=C1C.[CH2-]CCCCCCCCCCC.[CH2-]CCCCCCCCCCC.[Ni+2]. The summed E-state index contributed by atoms with van der Waals surface area (Å²) in [6.07, 6.45) is 85.5. The molecule has 0 saturated heterocycles. The minimum absolute atomic E-state index is 0. The van der Waals surface area contributed by atoms with Gasteiger partial charge in [0.25, 0.3) is 0 Å². The van der Waals surface area contributed by atoms with Gasteiger partial charge in [-0.2, -0.15) is 12.8 Å². The van der Waals surface area contributed by atoms with Gasteiger partial charge in [-0.15, -0.1) is 11.8 Å². The van der Waals surface area contributed by atoms with Crippen molar-refractivity contribution in [3.63, 3.8) is 0 Å². The number of allylic oxidation sites excluding steroid dienone is 4. The quantitative estimate of drug-likeness (QED) is 0.0207. The zero-order valence-corrected chi connectivity index (χ0v) is 62.8. The van der Waals surface area contributed by atoms with Crippen molar-refractivity contribution in [1.82, 2.24) is 0 Å². The van der Waals surface area contributed by atoms with E-state index < -0.39 is 0 Å². The van der Waals surface area contributed by atoms with Gasteiger partial charge in [0.2, 0.25) is 11.4 Å². The van der Waals surface area contributed by atoms with Crippen molar-refractivity contribution >= 4 is 11.4 Å². The van der Waals surface area contributed by atoms with Gasteiger partial charge in [0.05, 0.1) is 5.57 Å². The van der Waals surface area contributed by atoms with Crippen LogP contribution in [0.1, 0.15) is 436 Å². The maximum Gasteiger partial charge on any atom is 2.00 e. The standard InChI is InChI=1S/C64H102N2.2C12H25.Ni/c1-5-8-11-14-17-19-21-23-25-26-27-28-29-31-32-34-36-38-41-44-51-59-52-46-47-55-62(59)64-61(54-45-42-39-37-35-33-30-24-22-20-18-15-12-9-6-2)57(4)63(66(64)65)60-53-48-50-58(56-60)49-43-40-16-13-10-7-3;2*1-3-5-7-9-11-12-10-8-6-4-2;/h45-48,50,52-56H,5-37,39-40,42-44,49,51H2,1-4H3;2*1,3-12H2,2H3;/q;2*-1;+2. The van der Waals surface area contributed by atoms with Crippen molar-refractivity contribution < 1.29 is 21.2 Å². The van der Waals surface area contributed by atoms with Crippen LogP contribution in [0.5, 0.6) is 0 Å². The van der Waals surface area contributed by atoms with Gasteiger partial charge in [-0.1, -0.05) is 398 Å². The Bertz CT molecular complexity index is 2000. The molecular weight excluding hydrogens is 1140 g/mol. The van der Waals surface area contributed by atoms with Gasteiger partial charge in [0.1, 0.15) is 0 Å². The molecule has 0 radical (unpaired) electrons. The molecule has 0 unspecified atom stereocenters. The Morgan fingerprint density at radius 3 is 1.13 bits per heavy atom. The van der Waals surface area contributed by atoms with Crippen LogP contribution in [0, 0.1) is 25.7 Å². The van der Waals surface area contributed by atoms with Crippen molar-refractivity contribution in [2.24, 2.45) is 0 Å². The van der Waals surface area contributed by atoms with Gasteiger partial charge in [-0.05, 0) is 74.8 Å². The third-order valence-corrected chi connectivity index (χ3v) is 19.0. The molecule has 0 aliphatic carbocycles. The molecule has 2 nitrogen and oxygen atoms in total. The molecule has 1 aliphatic rings. The Hall–Kier alpha value is -2.69. The number of rotatable bonds is 60. The van der Waals surface area contributed by atoms with Crippen molar-refractivity contribution in [3.05, 3.63) is 113 Å². The molecule has 1 aliphatic heterocycles. The fourth-order valence-electron chi connectivity index (χ4n) is 13.0. The first kappa shape index (κ1) is 88.3. The molecule has 0 atom stereocenters. The molecule has 524 valence electrons. The van der Waals surface area contributed by atoms with E-state index in [1.54, 1.807) is 0 Å². The van der Waals surface area contributed by atoms with E-state index in [9.17, 15) is 5.53 Å².